The summed E-state index contributed by atoms with van der Waals surface area (Å²) in [7, 11) is 3.90. The minimum Gasteiger partial charge on any atom is -0.339 e. The van der Waals surface area contributed by atoms with Gasteiger partial charge in [-0.05, 0) is 20.5 Å². The van der Waals surface area contributed by atoms with Crippen molar-refractivity contribution in [1.82, 2.24) is 9.80 Å². The van der Waals surface area contributed by atoms with Crippen LogP contribution < -0.4 is 0 Å². The zero-order valence-corrected chi connectivity index (χ0v) is 7.50. The van der Waals surface area contributed by atoms with Crippen molar-refractivity contribution < 1.29 is 4.79 Å². The number of likely N-dealkylation sites (N-methyl/N-ethyl adjacent to an activating group) is 1. The van der Waals surface area contributed by atoms with E-state index in [4.69, 9.17) is 0 Å². The Kier molecular flexibility index (Phi) is 2.49. The predicted octanol–water partition coefficient (Wildman–Crippen LogP) is 0.169. The molecule has 0 radical (unpaired) electrons. The first-order valence-electron chi connectivity index (χ1n) is 4.12. The highest BCUT2D eigenvalue weighted by molar-refractivity contribution is 5.87. The van der Waals surface area contributed by atoms with Crippen LogP contribution in [0, 0.1) is 0 Å². The second-order valence-electron chi connectivity index (χ2n) is 3.26. The Hall–Kier alpha value is -0.570. The number of hydrogen-bond donors (Lipinski definition) is 0. The molecule has 1 fully saturated rings. The predicted molar refractivity (Wildman–Crippen MR) is 44.3 cm³/mol. The fourth-order valence-corrected chi connectivity index (χ4v) is 1.33. The van der Waals surface area contributed by atoms with Gasteiger partial charge in [0, 0.05) is 13.1 Å². The van der Waals surface area contributed by atoms with Crippen LogP contribution in [0.4, 0.5) is 0 Å². The van der Waals surface area contributed by atoms with Crippen molar-refractivity contribution in [2.24, 2.45) is 0 Å². The van der Waals surface area contributed by atoms with E-state index in [1.54, 1.807) is 0 Å². The monoisotopic (exact) mass is 156 g/mol. The van der Waals surface area contributed by atoms with Crippen molar-refractivity contribution in [3.05, 3.63) is 0 Å². The molecule has 1 aliphatic rings. The fraction of sp³-hybridized carbons (Fsp3) is 0.875. The number of likely N-dealkylation sites (tertiary alicyclic amines) is 1. The maximum absolute atomic E-state index is 11.3. The number of carbonyl (C=O) groups is 1. The molecule has 0 saturated carbocycles. The first kappa shape index (κ1) is 8.53. The number of hydrogen-bond acceptors (Lipinski definition) is 2. The average Bonchev–Trinajstić information content (AvgIpc) is 1.95. The van der Waals surface area contributed by atoms with Gasteiger partial charge in [0.05, 0.1) is 0 Å². The number of nitrogens with zero attached hydrogens (tertiary/aromatic N) is 2. The van der Waals surface area contributed by atoms with Crippen molar-refractivity contribution >= 4 is 5.91 Å². The topological polar surface area (TPSA) is 23.6 Å². The summed E-state index contributed by atoms with van der Waals surface area (Å²) in [4.78, 5) is 15.2. The second kappa shape index (κ2) is 3.22. The molecule has 0 aromatic rings. The summed E-state index contributed by atoms with van der Waals surface area (Å²) >= 11 is 0. The van der Waals surface area contributed by atoms with Crippen LogP contribution in [-0.4, -0.2) is 48.9 Å². The molecule has 0 aliphatic carbocycles. The van der Waals surface area contributed by atoms with Gasteiger partial charge in [-0.1, -0.05) is 6.92 Å². The first-order chi connectivity index (χ1) is 5.16. The highest BCUT2D eigenvalue weighted by atomic mass is 16.2. The van der Waals surface area contributed by atoms with Crippen LogP contribution >= 0.6 is 0 Å². The molecule has 1 unspecified atom stereocenters. The van der Waals surface area contributed by atoms with Crippen LogP contribution in [-0.2, 0) is 4.79 Å². The molecule has 1 amide bonds. The van der Waals surface area contributed by atoms with E-state index in [9.17, 15) is 4.79 Å². The molecule has 1 atom stereocenters. The molecule has 0 aromatic carbocycles. The third kappa shape index (κ3) is 1.53. The van der Waals surface area contributed by atoms with Crippen LogP contribution in [0.15, 0.2) is 0 Å². The Bertz CT molecular complexity index is 156. The normalized spacial score (nSPS) is 24.2. The Morgan fingerprint density at radius 2 is 2.27 bits per heavy atom. The minimum atomic E-state index is 0.154. The molecule has 1 heterocycles. The summed E-state index contributed by atoms with van der Waals surface area (Å²) in [5, 5.41) is 0. The SMILES string of the molecule is CCCN1CC(N(C)C)C1=O. The molecule has 0 aromatic heterocycles. The van der Waals surface area contributed by atoms with Crippen molar-refractivity contribution in [1.29, 1.82) is 0 Å². The lowest BCUT2D eigenvalue weighted by Crippen LogP contribution is -2.62. The lowest BCUT2D eigenvalue weighted by Gasteiger charge is -2.41. The van der Waals surface area contributed by atoms with Gasteiger partial charge in [0.1, 0.15) is 6.04 Å². The van der Waals surface area contributed by atoms with Crippen LogP contribution in [0.1, 0.15) is 13.3 Å². The van der Waals surface area contributed by atoms with Crippen molar-refractivity contribution in [2.75, 3.05) is 27.2 Å². The van der Waals surface area contributed by atoms with Gasteiger partial charge in [-0.15, -0.1) is 0 Å². The largest absolute Gasteiger partial charge is 0.339 e. The van der Waals surface area contributed by atoms with Crippen LogP contribution in [0.25, 0.3) is 0 Å². The zero-order valence-electron chi connectivity index (χ0n) is 7.50. The molecule has 3 nitrogen and oxygen atoms in total. The summed E-state index contributed by atoms with van der Waals surface area (Å²) in [5.41, 5.74) is 0. The van der Waals surface area contributed by atoms with Gasteiger partial charge in [0.15, 0.2) is 0 Å². The summed E-state index contributed by atoms with van der Waals surface area (Å²) < 4.78 is 0. The van der Waals surface area contributed by atoms with Crippen molar-refractivity contribution in [3.8, 4) is 0 Å². The summed E-state index contributed by atoms with van der Waals surface area (Å²) in [6.45, 7) is 3.93. The van der Waals surface area contributed by atoms with Crippen LogP contribution in [0.5, 0.6) is 0 Å². The van der Waals surface area contributed by atoms with Gasteiger partial charge in [-0.2, -0.15) is 0 Å². The molecular formula is C8H16N2O. The Labute approximate surface area is 68.0 Å². The van der Waals surface area contributed by atoms with Crippen LogP contribution in [0.2, 0.25) is 0 Å². The van der Waals surface area contributed by atoms with Crippen molar-refractivity contribution in [2.45, 2.75) is 19.4 Å². The fourth-order valence-electron chi connectivity index (χ4n) is 1.33. The smallest absolute Gasteiger partial charge is 0.241 e. The van der Waals surface area contributed by atoms with E-state index in [0.29, 0.717) is 0 Å². The molecule has 0 N–H and O–H groups in total. The molecule has 11 heavy (non-hydrogen) atoms. The maximum atomic E-state index is 11.3. The second-order valence-corrected chi connectivity index (χ2v) is 3.26. The molecule has 64 valence electrons. The first-order valence-corrected chi connectivity index (χ1v) is 4.12. The number of β-lactam (4-membered cyclic amide) rings is 1. The summed E-state index contributed by atoms with van der Waals surface area (Å²) in [6.07, 6.45) is 1.06. The summed E-state index contributed by atoms with van der Waals surface area (Å²) in [6, 6.07) is 0.154. The molecule has 3 heteroatoms. The van der Waals surface area contributed by atoms with Gasteiger partial charge >= 0.3 is 0 Å². The van der Waals surface area contributed by atoms with Gasteiger partial charge < -0.3 is 4.90 Å². The minimum absolute atomic E-state index is 0.154. The average molecular weight is 156 g/mol. The lowest BCUT2D eigenvalue weighted by molar-refractivity contribution is -0.148. The van der Waals surface area contributed by atoms with Crippen LogP contribution in [0.3, 0.4) is 0 Å². The quantitative estimate of drug-likeness (QED) is 0.544. The summed E-state index contributed by atoms with van der Waals surface area (Å²) in [5.74, 6) is 0.289. The van der Waals surface area contributed by atoms with Gasteiger partial charge in [0.25, 0.3) is 0 Å². The van der Waals surface area contributed by atoms with E-state index in [-0.39, 0.29) is 11.9 Å². The standard InChI is InChI=1S/C8H16N2O/c1-4-5-10-6-7(8(10)11)9(2)3/h7H,4-6H2,1-3H3. The highest BCUT2D eigenvalue weighted by Gasteiger charge is 2.36. The highest BCUT2D eigenvalue weighted by Crippen LogP contribution is 2.13. The van der Waals surface area contributed by atoms with E-state index >= 15 is 0 Å². The third-order valence-electron chi connectivity index (χ3n) is 2.11. The van der Waals surface area contributed by atoms with E-state index in [1.807, 2.05) is 23.9 Å². The third-order valence-corrected chi connectivity index (χ3v) is 2.11. The Balaban J connectivity index is 2.32. The molecule has 0 bridgehead atoms. The van der Waals surface area contributed by atoms with Gasteiger partial charge in [0.2, 0.25) is 5.91 Å². The zero-order chi connectivity index (χ0) is 8.43. The Morgan fingerprint density at radius 3 is 2.64 bits per heavy atom. The molecular weight excluding hydrogens is 140 g/mol. The van der Waals surface area contributed by atoms with E-state index in [2.05, 4.69) is 6.92 Å². The van der Waals surface area contributed by atoms with E-state index < -0.39 is 0 Å². The van der Waals surface area contributed by atoms with Gasteiger partial charge in [-0.3, -0.25) is 9.69 Å². The molecule has 0 spiro atoms. The number of rotatable bonds is 3. The number of amides is 1. The maximum Gasteiger partial charge on any atom is 0.241 e. The Morgan fingerprint density at radius 1 is 1.64 bits per heavy atom. The lowest BCUT2D eigenvalue weighted by atomic mass is 10.1. The molecule has 1 saturated heterocycles. The van der Waals surface area contributed by atoms with E-state index in [1.165, 1.54) is 0 Å². The molecule has 1 rings (SSSR count). The van der Waals surface area contributed by atoms with Gasteiger partial charge in [-0.25, -0.2) is 0 Å². The van der Waals surface area contributed by atoms with Crippen molar-refractivity contribution in [3.63, 3.8) is 0 Å². The number of carbonyl (C=O) groups excluding carboxylic acids is 1. The van der Waals surface area contributed by atoms with E-state index in [0.717, 1.165) is 19.5 Å². The molecule has 1 aliphatic heterocycles.